The maximum absolute atomic E-state index is 13.0. The Labute approximate surface area is 174 Å². The van der Waals surface area contributed by atoms with Gasteiger partial charge in [-0.1, -0.05) is 12.1 Å². The second-order valence-electron chi connectivity index (χ2n) is 7.37. The molecule has 0 radical (unpaired) electrons. The number of amides is 2. The van der Waals surface area contributed by atoms with Gasteiger partial charge in [0.2, 0.25) is 5.91 Å². The van der Waals surface area contributed by atoms with Crippen LogP contribution in [0.2, 0.25) is 0 Å². The van der Waals surface area contributed by atoms with Gasteiger partial charge >= 0.3 is 0 Å². The maximum atomic E-state index is 13.0. The molecule has 2 aromatic heterocycles. The van der Waals surface area contributed by atoms with E-state index in [4.69, 9.17) is 0 Å². The topological polar surface area (TPSA) is 67.2 Å². The Morgan fingerprint density at radius 2 is 2.00 bits per heavy atom. The van der Waals surface area contributed by atoms with E-state index in [0.717, 1.165) is 29.9 Å². The fourth-order valence-corrected chi connectivity index (χ4v) is 4.50. The van der Waals surface area contributed by atoms with E-state index in [-0.39, 0.29) is 11.8 Å². The van der Waals surface area contributed by atoms with Crippen molar-refractivity contribution in [2.45, 2.75) is 39.2 Å². The molecule has 1 saturated heterocycles. The van der Waals surface area contributed by atoms with E-state index in [2.05, 4.69) is 10.4 Å². The van der Waals surface area contributed by atoms with Crippen LogP contribution in [-0.2, 0) is 4.79 Å². The van der Waals surface area contributed by atoms with Crippen LogP contribution in [0, 0.1) is 13.8 Å². The first kappa shape index (κ1) is 19.4. The monoisotopic (exact) mass is 408 g/mol. The number of nitrogens with one attached hydrogen (secondary N) is 1. The molecule has 150 valence electrons. The van der Waals surface area contributed by atoms with Gasteiger partial charge in [0.05, 0.1) is 16.3 Å². The van der Waals surface area contributed by atoms with Gasteiger partial charge in [-0.2, -0.15) is 5.10 Å². The summed E-state index contributed by atoms with van der Waals surface area (Å²) in [6.07, 6.45) is 2.55. The molecule has 6 nitrogen and oxygen atoms in total. The number of likely N-dealkylation sites (tertiary alicyclic amines) is 1. The average molecular weight is 409 g/mol. The summed E-state index contributed by atoms with van der Waals surface area (Å²) in [6, 6.07) is 12.9. The van der Waals surface area contributed by atoms with Gasteiger partial charge in [0, 0.05) is 17.9 Å². The Hall–Kier alpha value is -2.93. The molecular formula is C22H24N4O2S. The van der Waals surface area contributed by atoms with Crippen LogP contribution in [0.1, 0.15) is 40.3 Å². The molecule has 3 heterocycles. The second kappa shape index (κ2) is 8.21. The third-order valence-corrected chi connectivity index (χ3v) is 6.02. The molecule has 2 amide bonds. The fraction of sp³-hybridized carbons (Fsp3) is 0.318. The Kier molecular flexibility index (Phi) is 5.49. The van der Waals surface area contributed by atoms with E-state index < -0.39 is 6.04 Å². The predicted molar refractivity (Wildman–Crippen MR) is 115 cm³/mol. The van der Waals surface area contributed by atoms with Crippen molar-refractivity contribution in [2.24, 2.45) is 0 Å². The highest BCUT2D eigenvalue weighted by Crippen LogP contribution is 2.24. The number of hydrogen-bond donors (Lipinski definition) is 1. The number of rotatable bonds is 4. The zero-order chi connectivity index (χ0) is 20.4. The minimum Gasteiger partial charge on any atom is -0.326 e. The van der Waals surface area contributed by atoms with Crippen molar-refractivity contribution < 1.29 is 9.59 Å². The number of anilines is 1. The van der Waals surface area contributed by atoms with Crippen molar-refractivity contribution in [1.82, 2.24) is 14.7 Å². The molecule has 0 aliphatic carbocycles. The summed E-state index contributed by atoms with van der Waals surface area (Å²) in [4.78, 5) is 28.3. The normalized spacial score (nSPS) is 16.6. The summed E-state index contributed by atoms with van der Waals surface area (Å²) >= 11 is 1.41. The van der Waals surface area contributed by atoms with Gasteiger partial charge in [-0.25, -0.2) is 4.68 Å². The SMILES string of the molecule is Cc1cc(C)n(-c2cccc(NC(=O)C3CCCCN3C(=O)c3cccs3)c2)n1. The molecule has 7 heteroatoms. The number of nitrogens with zero attached hydrogens (tertiary/aromatic N) is 3. The van der Waals surface area contributed by atoms with Gasteiger partial charge in [-0.3, -0.25) is 9.59 Å². The lowest BCUT2D eigenvalue weighted by Gasteiger charge is -2.34. The summed E-state index contributed by atoms with van der Waals surface area (Å²) in [6.45, 7) is 4.57. The second-order valence-corrected chi connectivity index (χ2v) is 8.31. The van der Waals surface area contributed by atoms with Crippen LogP contribution >= 0.6 is 11.3 Å². The quantitative estimate of drug-likeness (QED) is 0.704. The molecule has 4 rings (SSSR count). The summed E-state index contributed by atoms with van der Waals surface area (Å²) in [5, 5.41) is 9.40. The van der Waals surface area contributed by atoms with Gasteiger partial charge < -0.3 is 10.2 Å². The highest BCUT2D eigenvalue weighted by molar-refractivity contribution is 7.12. The molecule has 0 bridgehead atoms. The van der Waals surface area contributed by atoms with Crippen molar-refractivity contribution in [3.8, 4) is 5.69 Å². The molecule has 1 aromatic carbocycles. The van der Waals surface area contributed by atoms with Crippen molar-refractivity contribution in [1.29, 1.82) is 0 Å². The van der Waals surface area contributed by atoms with Gasteiger partial charge in [-0.15, -0.1) is 11.3 Å². The zero-order valence-electron chi connectivity index (χ0n) is 16.6. The Morgan fingerprint density at radius 1 is 1.14 bits per heavy atom. The number of aryl methyl sites for hydroxylation is 2. The van der Waals surface area contributed by atoms with Crippen LogP contribution in [0.15, 0.2) is 47.8 Å². The highest BCUT2D eigenvalue weighted by atomic mass is 32.1. The van der Waals surface area contributed by atoms with Crippen LogP contribution in [-0.4, -0.2) is 39.1 Å². The first-order valence-electron chi connectivity index (χ1n) is 9.82. The smallest absolute Gasteiger partial charge is 0.264 e. The molecule has 3 aromatic rings. The number of carbonyl (C=O) groups excluding carboxylic acids is 2. The van der Waals surface area contributed by atoms with Crippen molar-refractivity contribution in [3.63, 3.8) is 0 Å². The largest absolute Gasteiger partial charge is 0.326 e. The van der Waals surface area contributed by atoms with Gasteiger partial charge in [0.25, 0.3) is 5.91 Å². The van der Waals surface area contributed by atoms with Crippen LogP contribution in [0.3, 0.4) is 0 Å². The Morgan fingerprint density at radius 3 is 2.72 bits per heavy atom. The Bertz CT molecular complexity index is 1030. The third-order valence-electron chi connectivity index (χ3n) is 5.17. The van der Waals surface area contributed by atoms with Crippen LogP contribution in [0.4, 0.5) is 5.69 Å². The number of thiophene rings is 1. The van der Waals surface area contributed by atoms with Crippen LogP contribution < -0.4 is 5.32 Å². The van der Waals surface area contributed by atoms with Crippen molar-refractivity contribution >= 4 is 28.8 Å². The Balaban J connectivity index is 1.53. The highest BCUT2D eigenvalue weighted by Gasteiger charge is 2.33. The average Bonchev–Trinajstić information content (AvgIpc) is 3.37. The number of piperidine rings is 1. The summed E-state index contributed by atoms with van der Waals surface area (Å²) < 4.78 is 1.86. The van der Waals surface area contributed by atoms with E-state index in [1.165, 1.54) is 11.3 Å². The van der Waals surface area contributed by atoms with Gasteiger partial charge in [0.1, 0.15) is 6.04 Å². The van der Waals surface area contributed by atoms with E-state index in [9.17, 15) is 9.59 Å². The molecule has 1 fully saturated rings. The van der Waals surface area contributed by atoms with Crippen LogP contribution in [0.5, 0.6) is 0 Å². The molecule has 1 N–H and O–H groups in total. The lowest BCUT2D eigenvalue weighted by Crippen LogP contribution is -2.49. The first-order valence-corrected chi connectivity index (χ1v) is 10.7. The molecule has 1 unspecified atom stereocenters. The minimum atomic E-state index is -0.448. The molecule has 1 aliphatic heterocycles. The molecule has 1 aliphatic rings. The van der Waals surface area contributed by atoms with Gasteiger partial charge in [0.15, 0.2) is 0 Å². The molecule has 0 saturated carbocycles. The third kappa shape index (κ3) is 4.10. The number of hydrogen-bond acceptors (Lipinski definition) is 4. The number of carbonyl (C=O) groups is 2. The molecular weight excluding hydrogens is 384 g/mol. The lowest BCUT2D eigenvalue weighted by atomic mass is 10.0. The molecule has 29 heavy (non-hydrogen) atoms. The van der Waals surface area contributed by atoms with Crippen molar-refractivity contribution in [2.75, 3.05) is 11.9 Å². The molecule has 0 spiro atoms. The van der Waals surface area contributed by atoms with Gasteiger partial charge in [-0.05, 0) is 68.8 Å². The van der Waals surface area contributed by atoms with E-state index in [1.54, 1.807) is 4.90 Å². The minimum absolute atomic E-state index is 0.0590. The van der Waals surface area contributed by atoms with Crippen LogP contribution in [0.25, 0.3) is 5.69 Å². The predicted octanol–water partition coefficient (Wildman–Crippen LogP) is 4.18. The summed E-state index contributed by atoms with van der Waals surface area (Å²) in [7, 11) is 0. The van der Waals surface area contributed by atoms with E-state index in [0.29, 0.717) is 23.5 Å². The van der Waals surface area contributed by atoms with Crippen molar-refractivity contribution in [3.05, 3.63) is 64.1 Å². The zero-order valence-corrected chi connectivity index (χ0v) is 17.4. The van der Waals surface area contributed by atoms with E-state index >= 15 is 0 Å². The first-order chi connectivity index (χ1) is 14.0. The number of benzene rings is 1. The fourth-order valence-electron chi connectivity index (χ4n) is 3.82. The maximum Gasteiger partial charge on any atom is 0.264 e. The standard InChI is InChI=1S/C22H24N4O2S/c1-15-13-16(2)26(24-15)18-8-5-7-17(14-18)23-21(27)19-9-3-4-11-25(19)22(28)20-10-6-12-29-20/h5-8,10,12-14,19H,3-4,9,11H2,1-2H3,(H,23,27). The molecule has 1 atom stereocenters. The summed E-state index contributed by atoms with van der Waals surface area (Å²) in [5.41, 5.74) is 3.57. The van der Waals surface area contributed by atoms with E-state index in [1.807, 2.05) is 66.4 Å². The lowest BCUT2D eigenvalue weighted by molar-refractivity contribution is -0.121. The summed E-state index contributed by atoms with van der Waals surface area (Å²) in [5.74, 6) is -0.198. The number of aromatic nitrogens is 2.